The van der Waals surface area contributed by atoms with Crippen LogP contribution in [-0.4, -0.2) is 39.5 Å². The lowest BCUT2D eigenvalue weighted by atomic mass is 10.4. The van der Waals surface area contributed by atoms with Gasteiger partial charge in [-0.2, -0.15) is 8.42 Å². The van der Waals surface area contributed by atoms with Crippen LogP contribution < -0.4 is 5.09 Å². The Morgan fingerprint density at radius 2 is 1.47 bits per heavy atom. The SMILES string of the molecule is CC(C)OP(=O)(N[C@H](C)COS(C)(=O)=O)OC(C)C. The molecule has 1 atom stereocenters. The van der Waals surface area contributed by atoms with Gasteiger partial charge in [-0.3, -0.25) is 13.2 Å². The van der Waals surface area contributed by atoms with Gasteiger partial charge in [-0.05, 0) is 34.6 Å². The van der Waals surface area contributed by atoms with E-state index in [-0.39, 0.29) is 18.8 Å². The second-order valence-corrected chi connectivity index (χ2v) is 8.14. The van der Waals surface area contributed by atoms with Crippen molar-refractivity contribution in [3.05, 3.63) is 0 Å². The smallest absolute Gasteiger partial charge is 0.294 e. The summed E-state index contributed by atoms with van der Waals surface area (Å²) in [7, 11) is -7.03. The maximum absolute atomic E-state index is 12.4. The van der Waals surface area contributed by atoms with E-state index in [2.05, 4.69) is 9.27 Å². The van der Waals surface area contributed by atoms with Crippen LogP contribution >= 0.6 is 7.75 Å². The molecule has 0 unspecified atom stereocenters. The van der Waals surface area contributed by atoms with E-state index < -0.39 is 23.9 Å². The summed E-state index contributed by atoms with van der Waals surface area (Å²) >= 11 is 0. The zero-order chi connectivity index (χ0) is 15.3. The number of hydrogen-bond donors (Lipinski definition) is 1. The highest BCUT2D eigenvalue weighted by Gasteiger charge is 2.30. The van der Waals surface area contributed by atoms with E-state index in [1.807, 2.05) is 0 Å². The molecule has 0 amide bonds. The highest BCUT2D eigenvalue weighted by molar-refractivity contribution is 7.85. The standard InChI is InChI=1S/C10H24NO6PS/c1-8(2)16-18(12,17-9(3)4)11-10(5)7-15-19(6,13)14/h8-10H,7H2,1-6H3,(H,11,12)/t10-/m1/s1. The molecule has 0 saturated carbocycles. The largest absolute Gasteiger partial charge is 0.406 e. The summed E-state index contributed by atoms with van der Waals surface area (Å²) in [6.07, 6.45) is 0.370. The molecule has 0 aliphatic carbocycles. The molecule has 7 nitrogen and oxygen atoms in total. The monoisotopic (exact) mass is 317 g/mol. The molecule has 0 saturated heterocycles. The molecule has 0 bridgehead atoms. The normalized spacial score (nSPS) is 15.2. The van der Waals surface area contributed by atoms with E-state index in [4.69, 9.17) is 9.05 Å². The summed E-state index contributed by atoms with van der Waals surface area (Å²) in [5, 5.41) is 2.65. The fourth-order valence-corrected chi connectivity index (χ4v) is 3.52. The maximum atomic E-state index is 12.4. The molecular weight excluding hydrogens is 293 g/mol. The van der Waals surface area contributed by atoms with Gasteiger partial charge in [-0.25, -0.2) is 9.65 Å². The Labute approximate surface area is 115 Å². The minimum Gasteiger partial charge on any atom is -0.294 e. The van der Waals surface area contributed by atoms with Gasteiger partial charge in [-0.15, -0.1) is 0 Å². The number of hydrogen-bond acceptors (Lipinski definition) is 6. The highest BCUT2D eigenvalue weighted by Crippen LogP contribution is 2.46. The van der Waals surface area contributed by atoms with Gasteiger partial charge < -0.3 is 0 Å². The zero-order valence-corrected chi connectivity index (χ0v) is 14.0. The molecular formula is C10H24NO6PS. The lowest BCUT2D eigenvalue weighted by Gasteiger charge is -2.25. The van der Waals surface area contributed by atoms with Crippen LogP contribution in [0.3, 0.4) is 0 Å². The summed E-state index contributed by atoms with van der Waals surface area (Å²) < 4.78 is 49.3. The first-order chi connectivity index (χ1) is 8.43. The van der Waals surface area contributed by atoms with Crippen molar-refractivity contribution in [3.8, 4) is 0 Å². The van der Waals surface area contributed by atoms with Gasteiger partial charge in [0.1, 0.15) is 0 Å². The van der Waals surface area contributed by atoms with Gasteiger partial charge in [0.25, 0.3) is 10.1 Å². The highest BCUT2D eigenvalue weighted by atomic mass is 32.2. The second-order valence-electron chi connectivity index (χ2n) is 4.82. The maximum Gasteiger partial charge on any atom is 0.406 e. The van der Waals surface area contributed by atoms with Crippen LogP contribution in [0.15, 0.2) is 0 Å². The van der Waals surface area contributed by atoms with Gasteiger partial charge in [0.2, 0.25) is 0 Å². The third-order valence-corrected chi connectivity index (χ3v) is 4.33. The van der Waals surface area contributed by atoms with Crippen LogP contribution in [0, 0.1) is 0 Å². The Morgan fingerprint density at radius 1 is 1.05 bits per heavy atom. The topological polar surface area (TPSA) is 90.9 Å². The minimum atomic E-state index is -3.53. The lowest BCUT2D eigenvalue weighted by molar-refractivity contribution is 0.130. The van der Waals surface area contributed by atoms with E-state index in [1.54, 1.807) is 34.6 Å². The number of rotatable bonds is 9. The molecule has 0 fully saturated rings. The number of nitrogens with one attached hydrogen (secondary N) is 1. The van der Waals surface area contributed by atoms with Crippen molar-refractivity contribution in [2.24, 2.45) is 0 Å². The first-order valence-electron chi connectivity index (χ1n) is 6.02. The van der Waals surface area contributed by atoms with E-state index in [0.29, 0.717) is 0 Å². The first-order valence-corrected chi connectivity index (χ1v) is 9.38. The van der Waals surface area contributed by atoms with Crippen LogP contribution in [0.4, 0.5) is 0 Å². The fraction of sp³-hybridized carbons (Fsp3) is 1.00. The molecule has 0 aromatic carbocycles. The summed E-state index contributed by atoms with van der Waals surface area (Å²) in [6.45, 7) is 8.41. The molecule has 0 rings (SSSR count). The third kappa shape index (κ3) is 10.5. The summed E-state index contributed by atoms with van der Waals surface area (Å²) in [5.41, 5.74) is 0. The lowest BCUT2D eigenvalue weighted by Crippen LogP contribution is -2.32. The Balaban J connectivity index is 4.59. The molecule has 19 heavy (non-hydrogen) atoms. The van der Waals surface area contributed by atoms with Gasteiger partial charge in [0.15, 0.2) is 0 Å². The Bertz CT molecular complexity index is 394. The predicted molar refractivity (Wildman–Crippen MR) is 73.4 cm³/mol. The molecule has 0 aromatic rings. The molecule has 0 aromatic heterocycles. The van der Waals surface area contributed by atoms with Gasteiger partial charge >= 0.3 is 7.75 Å². The van der Waals surface area contributed by atoms with E-state index in [1.165, 1.54) is 0 Å². The molecule has 116 valence electrons. The predicted octanol–water partition coefficient (Wildman–Crippen LogP) is 1.90. The Morgan fingerprint density at radius 3 is 1.79 bits per heavy atom. The van der Waals surface area contributed by atoms with Gasteiger partial charge in [0, 0.05) is 6.04 Å². The van der Waals surface area contributed by atoms with E-state index in [9.17, 15) is 13.0 Å². The van der Waals surface area contributed by atoms with E-state index >= 15 is 0 Å². The van der Waals surface area contributed by atoms with Crippen molar-refractivity contribution in [1.29, 1.82) is 0 Å². The average Bonchev–Trinajstić information content (AvgIpc) is 2.09. The van der Waals surface area contributed by atoms with Gasteiger partial charge in [0.05, 0.1) is 25.1 Å². The molecule has 0 heterocycles. The van der Waals surface area contributed by atoms with Crippen LogP contribution in [-0.2, 0) is 27.9 Å². The van der Waals surface area contributed by atoms with Crippen LogP contribution in [0.25, 0.3) is 0 Å². The summed E-state index contributed by atoms with van der Waals surface area (Å²) in [5.74, 6) is 0. The minimum absolute atomic E-state index is 0.147. The van der Waals surface area contributed by atoms with Crippen molar-refractivity contribution in [2.75, 3.05) is 12.9 Å². The van der Waals surface area contributed by atoms with Crippen molar-refractivity contribution in [3.63, 3.8) is 0 Å². The molecule has 0 radical (unpaired) electrons. The molecule has 1 N–H and O–H groups in total. The quantitative estimate of drug-likeness (QED) is 0.513. The van der Waals surface area contributed by atoms with Gasteiger partial charge in [-0.1, -0.05) is 0 Å². The van der Waals surface area contributed by atoms with Crippen molar-refractivity contribution in [1.82, 2.24) is 5.09 Å². The van der Waals surface area contributed by atoms with Crippen LogP contribution in [0.1, 0.15) is 34.6 Å². The van der Waals surface area contributed by atoms with Crippen molar-refractivity contribution in [2.45, 2.75) is 52.9 Å². The van der Waals surface area contributed by atoms with E-state index in [0.717, 1.165) is 6.26 Å². The molecule has 0 aliphatic heterocycles. The average molecular weight is 317 g/mol. The Hall–Kier alpha value is 0.0200. The first kappa shape index (κ1) is 19.0. The summed E-state index contributed by atoms with van der Waals surface area (Å²) in [6, 6.07) is -0.502. The molecule has 0 aliphatic rings. The zero-order valence-electron chi connectivity index (χ0n) is 12.2. The van der Waals surface area contributed by atoms with Crippen LogP contribution in [0.2, 0.25) is 0 Å². The molecule has 9 heteroatoms. The fourth-order valence-electron chi connectivity index (χ4n) is 1.17. The Kier molecular flexibility index (Phi) is 7.72. The second kappa shape index (κ2) is 7.71. The van der Waals surface area contributed by atoms with Crippen molar-refractivity contribution < 1.29 is 26.2 Å². The van der Waals surface area contributed by atoms with Crippen LogP contribution in [0.5, 0.6) is 0 Å². The molecule has 0 spiro atoms. The third-order valence-electron chi connectivity index (χ3n) is 1.61. The summed E-state index contributed by atoms with van der Waals surface area (Å²) in [4.78, 5) is 0. The van der Waals surface area contributed by atoms with Crippen molar-refractivity contribution >= 4 is 17.9 Å².